The van der Waals surface area contributed by atoms with E-state index < -0.39 is 0 Å². The third-order valence-electron chi connectivity index (χ3n) is 2.97. The van der Waals surface area contributed by atoms with Crippen molar-refractivity contribution in [3.05, 3.63) is 28.6 Å². The average molecular weight is 202 g/mol. The lowest BCUT2D eigenvalue weighted by Gasteiger charge is -2.05. The van der Waals surface area contributed by atoms with E-state index in [-0.39, 0.29) is 0 Å². The first-order valence-electron chi connectivity index (χ1n) is 5.65. The quantitative estimate of drug-likeness (QED) is 0.736. The predicted octanol–water partition coefficient (Wildman–Crippen LogP) is 3.20. The van der Waals surface area contributed by atoms with Gasteiger partial charge in [0, 0.05) is 6.42 Å². The summed E-state index contributed by atoms with van der Waals surface area (Å²) in [5.74, 6) is 1.07. The number of hydrogen-bond acceptors (Lipinski definition) is 2. The van der Waals surface area contributed by atoms with Gasteiger partial charge in [0.2, 0.25) is 0 Å². The van der Waals surface area contributed by atoms with Gasteiger partial charge in [-0.15, -0.1) is 0 Å². The van der Waals surface area contributed by atoms with Crippen LogP contribution in [0.3, 0.4) is 0 Å². The minimum Gasteiger partial charge on any atom is -0.155 e. The number of fused-ring (bicyclic) bond motifs is 1. The standard InChI is InChI=1S/C13H18N2/c1-8(2)10-5-11-7-12(9(3)4)14-15-13(11)6-10/h5,7-9H,6H2,1-4H3. The van der Waals surface area contributed by atoms with Gasteiger partial charge in [-0.2, -0.15) is 10.2 Å². The van der Waals surface area contributed by atoms with Gasteiger partial charge in [0.1, 0.15) is 0 Å². The molecule has 2 rings (SSSR count). The van der Waals surface area contributed by atoms with Gasteiger partial charge in [-0.25, -0.2) is 0 Å². The lowest BCUT2D eigenvalue weighted by Crippen LogP contribution is -2.00. The molecule has 1 aliphatic rings. The maximum absolute atomic E-state index is 4.31. The summed E-state index contributed by atoms with van der Waals surface area (Å²) < 4.78 is 0. The van der Waals surface area contributed by atoms with E-state index in [2.05, 4.69) is 50.0 Å². The Morgan fingerprint density at radius 1 is 1.07 bits per heavy atom. The summed E-state index contributed by atoms with van der Waals surface area (Å²) in [4.78, 5) is 0. The monoisotopic (exact) mass is 202 g/mol. The molecule has 1 aromatic rings. The minimum absolute atomic E-state index is 0.458. The molecule has 0 unspecified atom stereocenters. The highest BCUT2D eigenvalue weighted by Gasteiger charge is 2.17. The van der Waals surface area contributed by atoms with Crippen LogP contribution in [0.2, 0.25) is 0 Å². The fraction of sp³-hybridized carbons (Fsp3) is 0.538. The van der Waals surface area contributed by atoms with E-state index in [1.807, 2.05) is 0 Å². The lowest BCUT2D eigenvalue weighted by atomic mass is 10.0. The molecule has 15 heavy (non-hydrogen) atoms. The summed E-state index contributed by atoms with van der Waals surface area (Å²) in [6.07, 6.45) is 3.26. The molecule has 0 N–H and O–H groups in total. The Balaban J connectivity index is 2.34. The molecule has 0 atom stereocenters. The van der Waals surface area contributed by atoms with Crippen molar-refractivity contribution in [2.24, 2.45) is 5.92 Å². The highest BCUT2D eigenvalue weighted by molar-refractivity contribution is 5.62. The molecule has 0 aliphatic heterocycles. The molecule has 80 valence electrons. The molecule has 2 nitrogen and oxygen atoms in total. The Labute approximate surface area is 91.4 Å². The first-order valence-corrected chi connectivity index (χ1v) is 5.65. The van der Waals surface area contributed by atoms with Gasteiger partial charge in [0.15, 0.2) is 0 Å². The summed E-state index contributed by atoms with van der Waals surface area (Å²) in [7, 11) is 0. The molecule has 1 heterocycles. The van der Waals surface area contributed by atoms with E-state index in [4.69, 9.17) is 0 Å². The van der Waals surface area contributed by atoms with Crippen molar-refractivity contribution in [1.82, 2.24) is 10.2 Å². The van der Waals surface area contributed by atoms with Gasteiger partial charge in [-0.1, -0.05) is 39.3 Å². The molecular weight excluding hydrogens is 184 g/mol. The molecule has 0 saturated heterocycles. The third-order valence-corrected chi connectivity index (χ3v) is 2.97. The molecule has 0 spiro atoms. The van der Waals surface area contributed by atoms with Crippen molar-refractivity contribution in [2.75, 3.05) is 0 Å². The smallest absolute Gasteiger partial charge is 0.0744 e. The zero-order chi connectivity index (χ0) is 11.0. The predicted molar refractivity (Wildman–Crippen MR) is 62.6 cm³/mol. The maximum Gasteiger partial charge on any atom is 0.0744 e. The second-order valence-corrected chi connectivity index (χ2v) is 4.88. The van der Waals surface area contributed by atoms with E-state index in [9.17, 15) is 0 Å². The highest BCUT2D eigenvalue weighted by atomic mass is 15.1. The Hall–Kier alpha value is -1.18. The molecule has 0 aromatic carbocycles. The first-order chi connectivity index (χ1) is 7.08. The number of allylic oxidation sites excluding steroid dienone is 1. The van der Waals surface area contributed by atoms with Gasteiger partial charge >= 0.3 is 0 Å². The van der Waals surface area contributed by atoms with Crippen molar-refractivity contribution in [3.63, 3.8) is 0 Å². The zero-order valence-corrected chi connectivity index (χ0v) is 9.91. The van der Waals surface area contributed by atoms with Crippen LogP contribution in [-0.2, 0) is 6.42 Å². The van der Waals surface area contributed by atoms with Crippen molar-refractivity contribution in [1.29, 1.82) is 0 Å². The summed E-state index contributed by atoms with van der Waals surface area (Å²) in [6.45, 7) is 8.76. The Kier molecular flexibility index (Phi) is 2.59. The minimum atomic E-state index is 0.458. The molecule has 0 radical (unpaired) electrons. The molecule has 1 aliphatic carbocycles. The Morgan fingerprint density at radius 2 is 1.80 bits per heavy atom. The normalized spacial score (nSPS) is 14.7. The maximum atomic E-state index is 4.31. The number of rotatable bonds is 2. The van der Waals surface area contributed by atoms with Crippen LogP contribution in [0.1, 0.15) is 50.6 Å². The van der Waals surface area contributed by atoms with Crippen LogP contribution in [0.4, 0.5) is 0 Å². The molecule has 2 heteroatoms. The SMILES string of the molecule is CC(C)C1=Cc2cc(C(C)C)nnc2C1. The van der Waals surface area contributed by atoms with Crippen LogP contribution in [0.5, 0.6) is 0 Å². The van der Waals surface area contributed by atoms with Crippen LogP contribution >= 0.6 is 0 Å². The number of hydrogen-bond donors (Lipinski definition) is 0. The van der Waals surface area contributed by atoms with Crippen LogP contribution < -0.4 is 0 Å². The largest absolute Gasteiger partial charge is 0.155 e. The van der Waals surface area contributed by atoms with E-state index in [0.29, 0.717) is 11.8 Å². The van der Waals surface area contributed by atoms with E-state index in [1.165, 1.54) is 11.1 Å². The van der Waals surface area contributed by atoms with Crippen LogP contribution in [0, 0.1) is 5.92 Å². The van der Waals surface area contributed by atoms with Gasteiger partial charge in [-0.3, -0.25) is 0 Å². The van der Waals surface area contributed by atoms with Gasteiger partial charge in [-0.05, 0) is 23.5 Å². The van der Waals surface area contributed by atoms with Crippen molar-refractivity contribution < 1.29 is 0 Å². The van der Waals surface area contributed by atoms with Crippen molar-refractivity contribution in [3.8, 4) is 0 Å². The van der Waals surface area contributed by atoms with Crippen molar-refractivity contribution in [2.45, 2.75) is 40.0 Å². The lowest BCUT2D eigenvalue weighted by molar-refractivity contribution is 0.735. The zero-order valence-electron chi connectivity index (χ0n) is 9.91. The third kappa shape index (κ3) is 1.94. The fourth-order valence-corrected chi connectivity index (χ4v) is 1.81. The van der Waals surface area contributed by atoms with Crippen LogP contribution in [0.25, 0.3) is 6.08 Å². The molecule has 0 saturated carbocycles. The fourth-order valence-electron chi connectivity index (χ4n) is 1.81. The highest BCUT2D eigenvalue weighted by Crippen LogP contribution is 2.28. The second kappa shape index (κ2) is 3.76. The van der Waals surface area contributed by atoms with Gasteiger partial charge in [0.25, 0.3) is 0 Å². The summed E-state index contributed by atoms with van der Waals surface area (Å²) in [5, 5.41) is 8.57. The second-order valence-electron chi connectivity index (χ2n) is 4.88. The molecule has 0 amide bonds. The Bertz CT molecular complexity index is 403. The van der Waals surface area contributed by atoms with E-state index >= 15 is 0 Å². The first kappa shape index (κ1) is 10.3. The van der Waals surface area contributed by atoms with E-state index in [1.54, 1.807) is 0 Å². The van der Waals surface area contributed by atoms with Crippen LogP contribution in [0.15, 0.2) is 11.6 Å². The summed E-state index contributed by atoms with van der Waals surface area (Å²) in [5.41, 5.74) is 4.98. The van der Waals surface area contributed by atoms with Gasteiger partial charge in [0.05, 0.1) is 11.4 Å². The topological polar surface area (TPSA) is 25.8 Å². The number of aromatic nitrogens is 2. The molecular formula is C13H18N2. The summed E-state index contributed by atoms with van der Waals surface area (Å²) >= 11 is 0. The van der Waals surface area contributed by atoms with Crippen LogP contribution in [-0.4, -0.2) is 10.2 Å². The molecule has 0 fully saturated rings. The van der Waals surface area contributed by atoms with Crippen molar-refractivity contribution >= 4 is 6.08 Å². The Morgan fingerprint density at radius 3 is 2.40 bits per heavy atom. The van der Waals surface area contributed by atoms with E-state index in [0.717, 1.165) is 17.8 Å². The average Bonchev–Trinajstić information content (AvgIpc) is 2.59. The van der Waals surface area contributed by atoms with Gasteiger partial charge < -0.3 is 0 Å². The molecule has 1 aromatic heterocycles. The summed E-state index contributed by atoms with van der Waals surface area (Å²) in [6, 6.07) is 2.18. The molecule has 0 bridgehead atoms. The number of nitrogens with zero attached hydrogens (tertiary/aromatic N) is 2.